The third kappa shape index (κ3) is 28.8. The molecule has 0 saturated carbocycles. The van der Waals surface area contributed by atoms with Gasteiger partial charge >= 0.3 is 0 Å². The molecule has 458 valence electrons. The second-order valence-electron chi connectivity index (χ2n) is 24.1. The lowest BCUT2D eigenvalue weighted by Crippen LogP contribution is -2.40. The summed E-state index contributed by atoms with van der Waals surface area (Å²) < 4.78 is 10.3. The Kier molecular flexibility index (Phi) is 36.9. The fourth-order valence-corrected chi connectivity index (χ4v) is 10.2. The Bertz CT molecular complexity index is 1660. The average Bonchev–Trinajstić information content (AvgIpc) is 3.77. The van der Waals surface area contributed by atoms with Crippen molar-refractivity contribution >= 4 is 41.4 Å². The smallest absolute Gasteiger partial charge is 0.248 e. The first-order chi connectivity index (χ1) is 37.2. The molecule has 0 aliphatic carbocycles. The number of hydrogen-bond acceptors (Lipinski definition) is 10. The number of amides is 7. The second kappa shape index (κ2) is 40.0. The number of piperidine rings is 2. The van der Waals surface area contributed by atoms with E-state index in [1.807, 2.05) is 62.0 Å². The lowest BCUT2D eigenvalue weighted by Gasteiger charge is -2.39. The van der Waals surface area contributed by atoms with Gasteiger partial charge in [0, 0.05) is 152 Å². The molecule has 0 unspecified atom stereocenters. The van der Waals surface area contributed by atoms with Crippen molar-refractivity contribution in [3.8, 4) is 0 Å². The molecule has 17 heteroatoms. The molecule has 0 spiro atoms. The highest BCUT2D eigenvalue weighted by atomic mass is 16.5. The van der Waals surface area contributed by atoms with Crippen molar-refractivity contribution < 1.29 is 43.0 Å². The normalized spacial score (nSPS) is 20.3. The minimum atomic E-state index is 0.123. The van der Waals surface area contributed by atoms with Crippen LogP contribution in [0, 0.1) is 0 Å². The molecular weight excluding hydrogens is 1000 g/mol. The van der Waals surface area contributed by atoms with Crippen LogP contribution in [0.5, 0.6) is 0 Å². The quantitative estimate of drug-likeness (QED) is 0.229. The van der Waals surface area contributed by atoms with Crippen LogP contribution < -0.4 is 0 Å². The Morgan fingerprint density at radius 3 is 0.873 bits per heavy atom. The number of likely N-dealkylation sites (tertiary alicyclic amines) is 6. The van der Waals surface area contributed by atoms with Gasteiger partial charge in [0.2, 0.25) is 41.4 Å². The number of hydrogen-bond donors (Lipinski definition) is 0. The number of carbonyl (C=O) groups is 7. The minimum Gasteiger partial charge on any atom is -0.379 e. The summed E-state index contributed by atoms with van der Waals surface area (Å²) in [6.45, 7) is 47.0. The molecule has 17 nitrogen and oxygen atoms in total. The molecule has 8 saturated heterocycles. The molecule has 0 atom stereocenters. The highest BCUT2D eigenvalue weighted by Crippen LogP contribution is 2.22. The molecule has 8 aliphatic heterocycles. The van der Waals surface area contributed by atoms with Crippen LogP contribution >= 0.6 is 0 Å². The van der Waals surface area contributed by atoms with Gasteiger partial charge in [-0.3, -0.25) is 33.6 Å². The zero-order chi connectivity index (χ0) is 59.8. The molecule has 0 radical (unpaired) electrons. The molecule has 0 aromatic carbocycles. The highest BCUT2D eigenvalue weighted by Gasteiger charge is 2.25. The molecule has 8 fully saturated rings. The van der Waals surface area contributed by atoms with Crippen molar-refractivity contribution in [1.29, 1.82) is 0 Å². The van der Waals surface area contributed by atoms with Crippen LogP contribution in [-0.2, 0) is 43.0 Å². The first-order valence-electron chi connectivity index (χ1n) is 30.9. The summed E-state index contributed by atoms with van der Waals surface area (Å²) in [5, 5.41) is 0. The van der Waals surface area contributed by atoms with Crippen LogP contribution in [0.25, 0.3) is 0 Å². The van der Waals surface area contributed by atoms with Crippen molar-refractivity contribution in [1.82, 2.24) is 39.2 Å². The van der Waals surface area contributed by atoms with Crippen LogP contribution in [0.2, 0.25) is 0 Å². The maximum absolute atomic E-state index is 11.4. The van der Waals surface area contributed by atoms with E-state index in [4.69, 9.17) is 9.47 Å². The van der Waals surface area contributed by atoms with Gasteiger partial charge in [-0.15, -0.1) is 0 Å². The van der Waals surface area contributed by atoms with Crippen molar-refractivity contribution in [2.24, 2.45) is 0 Å². The Hall–Kier alpha value is -4.25. The van der Waals surface area contributed by atoms with Gasteiger partial charge in [0.15, 0.2) is 0 Å². The molecule has 8 heterocycles. The van der Waals surface area contributed by atoms with Gasteiger partial charge in [-0.1, -0.05) is 13.0 Å². The van der Waals surface area contributed by atoms with Crippen molar-refractivity contribution in [2.45, 2.75) is 268 Å². The van der Waals surface area contributed by atoms with E-state index in [9.17, 15) is 33.6 Å². The Balaban J connectivity index is 0.000000452. The zero-order valence-corrected chi connectivity index (χ0v) is 53.1. The SMILES string of the molecule is C=C1CCN1C(C)C.CC(C)N1CCCC1=O.CC(C)N1CCCC1=O.CC(C)N1CCCCC1=O.CC(C)N1CCCCC1=O.CC(C)N1CCCCCC1=O.CC(C)N1CCCOCC1=O.CC(C)N1CCOCCC1=O. The van der Waals surface area contributed by atoms with E-state index in [1.54, 1.807) is 0 Å². The molecule has 8 aliphatic rings. The van der Waals surface area contributed by atoms with Gasteiger partial charge in [-0.05, 0) is 169 Å². The maximum atomic E-state index is 11.4. The Labute approximate surface area is 481 Å². The summed E-state index contributed by atoms with van der Waals surface area (Å²) >= 11 is 0. The van der Waals surface area contributed by atoms with Crippen LogP contribution in [0.15, 0.2) is 12.3 Å². The number of rotatable bonds is 8. The van der Waals surface area contributed by atoms with Gasteiger partial charge in [0.25, 0.3) is 0 Å². The third-order valence-electron chi connectivity index (χ3n) is 15.1. The predicted molar refractivity (Wildman–Crippen MR) is 319 cm³/mol. The number of nitrogens with zero attached hydrogens (tertiary/aromatic N) is 8. The van der Waals surface area contributed by atoms with E-state index in [1.165, 1.54) is 44.3 Å². The third-order valence-corrected chi connectivity index (χ3v) is 15.1. The number of carbonyl (C=O) groups excluding carboxylic acids is 7. The molecule has 0 aromatic rings. The van der Waals surface area contributed by atoms with Crippen LogP contribution in [-0.4, -0.2) is 208 Å². The van der Waals surface area contributed by atoms with Gasteiger partial charge in [0.05, 0.1) is 19.6 Å². The van der Waals surface area contributed by atoms with Crippen LogP contribution in [0.4, 0.5) is 0 Å². The summed E-state index contributed by atoms with van der Waals surface area (Å²) in [6, 6.07) is 3.27. The summed E-state index contributed by atoms with van der Waals surface area (Å²) in [5.41, 5.74) is 1.31. The molecule has 0 N–H and O–H groups in total. The van der Waals surface area contributed by atoms with E-state index >= 15 is 0 Å². The monoisotopic (exact) mass is 1120 g/mol. The first kappa shape index (κ1) is 72.8. The lowest BCUT2D eigenvalue weighted by atomic mass is 10.1. The molecule has 8 rings (SSSR count). The standard InChI is InChI=1S/C9H17NO.2C8H15NO2.2C8H15NO.2C7H13NO.C7H13N/c1-8(2)10-7-5-3-4-6-9(10)11;1-7(2)9-4-6-11-5-3-8(9)10;1-7(2)9-4-3-5-11-6-8(9)10;2*1-7(2)9-6-4-3-5-8(9)10;2*1-6(2)8-5-3-4-7(8)9;1-6(2)8-5-4-7(8)3/h8H,3-7H2,1-2H3;2*7H,3-6H2,1-2H3;2*7H,3-6H2,1-2H3;2*6H,3-5H2,1-2H3;6H,3-5H2,1-2H3. The van der Waals surface area contributed by atoms with Crippen LogP contribution in [0.1, 0.15) is 220 Å². The van der Waals surface area contributed by atoms with Gasteiger partial charge in [0.1, 0.15) is 6.61 Å². The zero-order valence-electron chi connectivity index (χ0n) is 53.1. The molecular formula is C62H116N8O9. The van der Waals surface area contributed by atoms with Crippen LogP contribution in [0.3, 0.4) is 0 Å². The molecule has 0 aromatic heterocycles. The van der Waals surface area contributed by atoms with Gasteiger partial charge < -0.3 is 48.7 Å². The highest BCUT2D eigenvalue weighted by molar-refractivity contribution is 5.80. The summed E-state index contributed by atoms with van der Waals surface area (Å²) in [4.78, 5) is 94.0. The van der Waals surface area contributed by atoms with E-state index in [0.29, 0.717) is 97.5 Å². The minimum absolute atomic E-state index is 0.123. The van der Waals surface area contributed by atoms with Gasteiger partial charge in [-0.2, -0.15) is 0 Å². The Morgan fingerprint density at radius 1 is 0.266 bits per heavy atom. The fourth-order valence-electron chi connectivity index (χ4n) is 10.2. The van der Waals surface area contributed by atoms with Crippen molar-refractivity contribution in [2.75, 3.05) is 78.8 Å². The maximum Gasteiger partial charge on any atom is 0.248 e. The molecule has 0 bridgehead atoms. The Morgan fingerprint density at radius 2 is 0.557 bits per heavy atom. The lowest BCUT2D eigenvalue weighted by molar-refractivity contribution is -0.136. The van der Waals surface area contributed by atoms with Crippen molar-refractivity contribution in [3.05, 3.63) is 12.3 Å². The molecule has 7 amide bonds. The van der Waals surface area contributed by atoms with E-state index in [0.717, 1.165) is 123 Å². The average molecular weight is 1120 g/mol. The van der Waals surface area contributed by atoms with E-state index in [2.05, 4.69) is 94.6 Å². The van der Waals surface area contributed by atoms with Gasteiger partial charge in [-0.25, -0.2) is 0 Å². The second-order valence-corrected chi connectivity index (χ2v) is 24.1. The molecule has 79 heavy (non-hydrogen) atoms. The largest absolute Gasteiger partial charge is 0.379 e. The van der Waals surface area contributed by atoms with E-state index in [-0.39, 0.29) is 18.4 Å². The summed E-state index contributed by atoms with van der Waals surface area (Å²) in [7, 11) is 0. The summed E-state index contributed by atoms with van der Waals surface area (Å²) in [6.07, 6.45) is 16.7. The topological polar surface area (TPSA) is 164 Å². The first-order valence-corrected chi connectivity index (χ1v) is 30.9. The number of ether oxygens (including phenoxy) is 2. The van der Waals surface area contributed by atoms with E-state index < -0.39 is 0 Å². The predicted octanol–water partition coefficient (Wildman–Crippen LogP) is 9.55. The fraction of sp³-hybridized carbons (Fsp3) is 0.855. The summed E-state index contributed by atoms with van der Waals surface area (Å²) in [5.74, 6) is 2.00. The van der Waals surface area contributed by atoms with Crippen molar-refractivity contribution in [3.63, 3.8) is 0 Å².